The molecule has 10 nitrogen and oxygen atoms in total. The highest BCUT2D eigenvalue weighted by Crippen LogP contribution is 2.39. The zero-order valence-electron chi connectivity index (χ0n) is 22.6. The van der Waals surface area contributed by atoms with E-state index in [0.29, 0.717) is 22.5 Å². The lowest BCUT2D eigenvalue weighted by Gasteiger charge is -2.37. The summed E-state index contributed by atoms with van der Waals surface area (Å²) >= 11 is 1.46. The van der Waals surface area contributed by atoms with E-state index in [1.165, 1.54) is 17.4 Å². The Morgan fingerprint density at radius 1 is 1.00 bits per heavy atom. The SMILES string of the molecule is COc1c(Nc2cc(C)[nH]n2)nc(Sc2ccc(NC(=O)C3CC3)cc2)nc1N1CCN(c2ccccc2)CC1. The number of ether oxygens (including phenoxy) is 1. The number of benzene rings is 2. The molecule has 1 aliphatic carbocycles. The molecule has 11 heteroatoms. The Balaban J connectivity index is 1.25. The van der Waals surface area contributed by atoms with E-state index in [0.717, 1.165) is 61.1 Å². The average molecular weight is 557 g/mol. The van der Waals surface area contributed by atoms with E-state index in [1.54, 1.807) is 7.11 Å². The third kappa shape index (κ3) is 5.99. The number of H-pyrrole nitrogens is 1. The quantitative estimate of drug-likeness (QED) is 0.243. The van der Waals surface area contributed by atoms with Crippen LogP contribution in [0.4, 0.5) is 28.8 Å². The van der Waals surface area contributed by atoms with Crippen LogP contribution < -0.4 is 25.2 Å². The van der Waals surface area contributed by atoms with Gasteiger partial charge in [-0.3, -0.25) is 9.89 Å². The Morgan fingerprint density at radius 2 is 1.73 bits per heavy atom. The molecular formula is C29H32N8O2S. The van der Waals surface area contributed by atoms with Gasteiger partial charge in [-0.1, -0.05) is 18.2 Å². The zero-order valence-corrected chi connectivity index (χ0v) is 23.4. The van der Waals surface area contributed by atoms with Gasteiger partial charge in [0.1, 0.15) is 0 Å². The number of nitrogens with zero attached hydrogens (tertiary/aromatic N) is 5. The fraction of sp³-hybridized carbons (Fsp3) is 0.310. The van der Waals surface area contributed by atoms with Gasteiger partial charge in [0.15, 0.2) is 22.6 Å². The Kier molecular flexibility index (Phi) is 7.45. The molecule has 4 aromatic rings. The number of aromatic nitrogens is 4. The smallest absolute Gasteiger partial charge is 0.227 e. The van der Waals surface area contributed by atoms with Crippen LogP contribution in [0.25, 0.3) is 0 Å². The highest BCUT2D eigenvalue weighted by molar-refractivity contribution is 7.99. The van der Waals surface area contributed by atoms with E-state index in [-0.39, 0.29) is 11.8 Å². The molecule has 2 aliphatic rings. The van der Waals surface area contributed by atoms with Gasteiger partial charge >= 0.3 is 0 Å². The molecule has 0 radical (unpaired) electrons. The lowest BCUT2D eigenvalue weighted by molar-refractivity contribution is -0.117. The van der Waals surface area contributed by atoms with Crippen LogP contribution in [-0.2, 0) is 4.79 Å². The Morgan fingerprint density at radius 3 is 2.38 bits per heavy atom. The molecule has 2 aromatic carbocycles. The molecule has 0 atom stereocenters. The minimum atomic E-state index is 0.0974. The third-order valence-electron chi connectivity index (χ3n) is 6.96. The Hall–Kier alpha value is -4.25. The van der Waals surface area contributed by atoms with Gasteiger partial charge in [-0.25, -0.2) is 9.97 Å². The second-order valence-electron chi connectivity index (χ2n) is 9.97. The van der Waals surface area contributed by atoms with Crippen LogP contribution in [0.1, 0.15) is 18.5 Å². The molecule has 40 heavy (non-hydrogen) atoms. The van der Waals surface area contributed by atoms with Crippen LogP contribution in [-0.4, -0.2) is 59.4 Å². The summed E-state index contributed by atoms with van der Waals surface area (Å²) in [4.78, 5) is 27.5. The minimum Gasteiger partial charge on any atom is -0.490 e. The zero-order chi connectivity index (χ0) is 27.5. The monoisotopic (exact) mass is 556 g/mol. The predicted molar refractivity (Wildman–Crippen MR) is 158 cm³/mol. The molecule has 1 saturated heterocycles. The molecule has 0 bridgehead atoms. The summed E-state index contributed by atoms with van der Waals surface area (Å²) in [6, 6.07) is 20.2. The summed E-state index contributed by atoms with van der Waals surface area (Å²) in [7, 11) is 1.64. The van der Waals surface area contributed by atoms with Gasteiger partial charge in [0.25, 0.3) is 0 Å². The second kappa shape index (κ2) is 11.5. The largest absolute Gasteiger partial charge is 0.490 e. The van der Waals surface area contributed by atoms with Gasteiger partial charge < -0.3 is 25.2 Å². The summed E-state index contributed by atoms with van der Waals surface area (Å²) in [5.41, 5.74) is 2.96. The number of piperazine rings is 1. The lowest BCUT2D eigenvalue weighted by atomic mass is 10.2. The fourth-order valence-electron chi connectivity index (χ4n) is 4.67. The van der Waals surface area contributed by atoms with Crippen molar-refractivity contribution in [3.8, 4) is 5.75 Å². The standard InChI is InChI=1S/C29H32N8O2S/c1-19-18-24(35-34-19)31-26-25(39-2)27(37-16-14-36(15-17-37)22-6-4-3-5-7-22)33-29(32-26)40-23-12-10-21(11-13-23)30-28(38)20-8-9-20/h3-7,10-13,18,20H,8-9,14-17H2,1-2H3,(H,30,38)(H2,31,32,33,34,35). The van der Waals surface area contributed by atoms with Crippen molar-refractivity contribution in [2.45, 2.75) is 29.8 Å². The maximum atomic E-state index is 12.1. The Labute approximate surface area is 237 Å². The Bertz CT molecular complexity index is 1470. The number of amides is 1. The number of hydrogen-bond donors (Lipinski definition) is 3. The number of para-hydroxylation sites is 1. The topological polar surface area (TPSA) is 111 Å². The number of carbonyl (C=O) groups excluding carboxylic acids is 1. The van der Waals surface area contributed by atoms with E-state index < -0.39 is 0 Å². The summed E-state index contributed by atoms with van der Waals surface area (Å²) < 4.78 is 5.87. The highest BCUT2D eigenvalue weighted by atomic mass is 32.2. The van der Waals surface area contributed by atoms with Crippen molar-refractivity contribution in [3.05, 3.63) is 66.4 Å². The van der Waals surface area contributed by atoms with Crippen molar-refractivity contribution in [2.75, 3.05) is 53.7 Å². The number of nitrogens with one attached hydrogen (secondary N) is 3. The molecule has 0 spiro atoms. The van der Waals surface area contributed by atoms with E-state index in [1.807, 2.05) is 43.3 Å². The normalized spacial score (nSPS) is 15.2. The predicted octanol–water partition coefficient (Wildman–Crippen LogP) is 5.09. The molecule has 1 aliphatic heterocycles. The summed E-state index contributed by atoms with van der Waals surface area (Å²) in [6.45, 7) is 5.28. The van der Waals surface area contributed by atoms with Gasteiger partial charge in [0.2, 0.25) is 11.7 Å². The van der Waals surface area contributed by atoms with E-state index in [2.05, 4.69) is 54.9 Å². The number of aryl methyl sites for hydroxylation is 1. The molecule has 6 rings (SSSR count). The number of hydrogen-bond acceptors (Lipinski definition) is 9. The maximum Gasteiger partial charge on any atom is 0.227 e. The van der Waals surface area contributed by atoms with Crippen LogP contribution >= 0.6 is 11.8 Å². The third-order valence-corrected chi connectivity index (χ3v) is 7.84. The molecule has 206 valence electrons. The molecule has 3 heterocycles. The molecule has 0 unspecified atom stereocenters. The van der Waals surface area contributed by atoms with Gasteiger partial charge in [-0.05, 0) is 67.9 Å². The minimum absolute atomic E-state index is 0.0974. The van der Waals surface area contributed by atoms with E-state index in [9.17, 15) is 4.79 Å². The molecule has 2 aromatic heterocycles. The summed E-state index contributed by atoms with van der Waals surface area (Å²) in [5.74, 6) is 2.80. The first-order chi connectivity index (χ1) is 19.6. The molecule has 1 saturated carbocycles. The number of rotatable bonds is 9. The first kappa shape index (κ1) is 26.0. The van der Waals surface area contributed by atoms with Crippen molar-refractivity contribution >= 4 is 46.5 Å². The van der Waals surface area contributed by atoms with Gasteiger partial charge in [0, 0.05) is 60.1 Å². The average Bonchev–Trinajstić information content (AvgIpc) is 3.76. The summed E-state index contributed by atoms with van der Waals surface area (Å²) in [6.07, 6.45) is 1.96. The number of carbonyl (C=O) groups is 1. The van der Waals surface area contributed by atoms with Crippen LogP contribution in [0.2, 0.25) is 0 Å². The van der Waals surface area contributed by atoms with Gasteiger partial charge in [0.05, 0.1) is 7.11 Å². The van der Waals surface area contributed by atoms with Crippen molar-refractivity contribution < 1.29 is 9.53 Å². The van der Waals surface area contributed by atoms with Crippen LogP contribution in [0.15, 0.2) is 70.7 Å². The van der Waals surface area contributed by atoms with Crippen LogP contribution in [0, 0.1) is 12.8 Å². The molecular weight excluding hydrogens is 524 g/mol. The fourth-order valence-corrected chi connectivity index (χ4v) is 5.42. The van der Waals surface area contributed by atoms with Gasteiger partial charge in [-0.15, -0.1) is 0 Å². The second-order valence-corrected chi connectivity index (χ2v) is 11.0. The van der Waals surface area contributed by atoms with Crippen molar-refractivity contribution in [1.82, 2.24) is 20.2 Å². The molecule has 2 fully saturated rings. The van der Waals surface area contributed by atoms with Gasteiger partial charge in [-0.2, -0.15) is 5.10 Å². The maximum absolute atomic E-state index is 12.1. The molecule has 3 N–H and O–H groups in total. The van der Waals surface area contributed by atoms with Crippen molar-refractivity contribution in [3.63, 3.8) is 0 Å². The number of anilines is 5. The summed E-state index contributed by atoms with van der Waals surface area (Å²) in [5, 5.41) is 14.2. The van der Waals surface area contributed by atoms with Crippen molar-refractivity contribution in [1.29, 1.82) is 0 Å². The van der Waals surface area contributed by atoms with E-state index in [4.69, 9.17) is 14.7 Å². The number of methoxy groups -OCH3 is 1. The molecule has 1 amide bonds. The highest BCUT2D eigenvalue weighted by Gasteiger charge is 2.29. The first-order valence-electron chi connectivity index (χ1n) is 13.4. The first-order valence-corrected chi connectivity index (χ1v) is 14.3. The van der Waals surface area contributed by atoms with Crippen molar-refractivity contribution in [2.24, 2.45) is 5.92 Å². The lowest BCUT2D eigenvalue weighted by Crippen LogP contribution is -2.47. The number of aromatic amines is 1. The van der Waals surface area contributed by atoms with E-state index >= 15 is 0 Å². The van der Waals surface area contributed by atoms with Crippen LogP contribution in [0.5, 0.6) is 5.75 Å². The van der Waals surface area contributed by atoms with Crippen LogP contribution in [0.3, 0.4) is 0 Å².